The van der Waals surface area contributed by atoms with Crippen LogP contribution >= 0.6 is 11.6 Å². The number of ether oxygens (including phenoxy) is 3. The minimum atomic E-state index is -0.671. The van der Waals surface area contributed by atoms with Crippen LogP contribution < -0.4 is 19.9 Å². The SMILES string of the molecule is COc1ccc(OC)c(C2CCCN2C(=O)COc2ccc(Cl)cc2C(N)=O)c1. The fraction of sp³-hybridized carbons (Fsp3) is 0.333. The fourth-order valence-electron chi connectivity index (χ4n) is 3.53. The first-order valence-corrected chi connectivity index (χ1v) is 9.56. The molecule has 1 saturated heterocycles. The average Bonchev–Trinajstić information content (AvgIpc) is 3.21. The van der Waals surface area contributed by atoms with Gasteiger partial charge in [-0.15, -0.1) is 0 Å². The third-order valence-electron chi connectivity index (χ3n) is 4.93. The molecule has 1 aliphatic heterocycles. The largest absolute Gasteiger partial charge is 0.497 e. The van der Waals surface area contributed by atoms with E-state index in [1.54, 1.807) is 25.2 Å². The van der Waals surface area contributed by atoms with Crippen molar-refractivity contribution < 1.29 is 23.8 Å². The summed E-state index contributed by atoms with van der Waals surface area (Å²) in [6, 6.07) is 9.92. The summed E-state index contributed by atoms with van der Waals surface area (Å²) in [5, 5.41) is 0.363. The Hall–Kier alpha value is -2.93. The Morgan fingerprint density at radius 1 is 1.14 bits per heavy atom. The lowest BCUT2D eigenvalue weighted by molar-refractivity contribution is -0.134. The van der Waals surface area contributed by atoms with Crippen molar-refractivity contribution >= 4 is 23.4 Å². The maximum absolute atomic E-state index is 12.9. The standard InChI is InChI=1S/C21H23ClN2O5/c1-27-14-6-8-18(28-2)15(11-14)17-4-3-9-24(17)20(25)12-29-19-7-5-13(22)10-16(19)21(23)26/h5-8,10-11,17H,3-4,9,12H2,1-2H3,(H2,23,26). The van der Waals surface area contributed by atoms with E-state index in [0.717, 1.165) is 18.4 Å². The van der Waals surface area contributed by atoms with Crippen LogP contribution in [0, 0.1) is 0 Å². The molecule has 8 heteroatoms. The molecule has 29 heavy (non-hydrogen) atoms. The van der Waals surface area contributed by atoms with Crippen LogP contribution in [0.3, 0.4) is 0 Å². The Kier molecular flexibility index (Phi) is 6.49. The maximum Gasteiger partial charge on any atom is 0.261 e. The van der Waals surface area contributed by atoms with Crippen molar-refractivity contribution in [3.63, 3.8) is 0 Å². The van der Waals surface area contributed by atoms with Crippen molar-refractivity contribution in [3.8, 4) is 17.2 Å². The molecule has 0 bridgehead atoms. The number of amides is 2. The van der Waals surface area contributed by atoms with Gasteiger partial charge in [-0.05, 0) is 49.2 Å². The molecule has 0 saturated carbocycles. The molecule has 1 fully saturated rings. The molecule has 1 aliphatic rings. The molecule has 2 N–H and O–H groups in total. The highest BCUT2D eigenvalue weighted by Crippen LogP contribution is 2.39. The van der Waals surface area contributed by atoms with Crippen LogP contribution in [0.25, 0.3) is 0 Å². The van der Waals surface area contributed by atoms with E-state index in [1.165, 1.54) is 12.1 Å². The Bertz CT molecular complexity index is 918. The highest BCUT2D eigenvalue weighted by molar-refractivity contribution is 6.31. The van der Waals surface area contributed by atoms with Crippen LogP contribution in [0.1, 0.15) is 34.8 Å². The molecular weight excluding hydrogens is 396 g/mol. The topological polar surface area (TPSA) is 91.1 Å². The van der Waals surface area contributed by atoms with Gasteiger partial charge in [0.05, 0.1) is 25.8 Å². The number of carbonyl (C=O) groups is 2. The zero-order chi connectivity index (χ0) is 21.0. The van der Waals surface area contributed by atoms with Crippen LogP contribution in [0.15, 0.2) is 36.4 Å². The second kappa shape index (κ2) is 9.05. The van der Waals surface area contributed by atoms with Crippen LogP contribution in [0.5, 0.6) is 17.2 Å². The molecule has 1 atom stereocenters. The van der Waals surface area contributed by atoms with Gasteiger partial charge in [-0.2, -0.15) is 0 Å². The second-order valence-electron chi connectivity index (χ2n) is 6.65. The highest BCUT2D eigenvalue weighted by Gasteiger charge is 2.32. The van der Waals surface area contributed by atoms with Crippen molar-refractivity contribution in [1.29, 1.82) is 0 Å². The summed E-state index contributed by atoms with van der Waals surface area (Å²) in [6.45, 7) is 0.390. The van der Waals surface area contributed by atoms with Crippen LogP contribution in [0.2, 0.25) is 5.02 Å². The fourth-order valence-corrected chi connectivity index (χ4v) is 3.70. The Morgan fingerprint density at radius 3 is 2.59 bits per heavy atom. The summed E-state index contributed by atoms with van der Waals surface area (Å²) in [6.07, 6.45) is 1.67. The van der Waals surface area contributed by atoms with Crippen LogP contribution in [0.4, 0.5) is 0 Å². The number of nitrogens with zero attached hydrogens (tertiary/aromatic N) is 1. The van der Waals surface area contributed by atoms with Crippen molar-refractivity contribution in [2.45, 2.75) is 18.9 Å². The van der Waals surface area contributed by atoms with Gasteiger partial charge in [0.2, 0.25) is 0 Å². The lowest BCUT2D eigenvalue weighted by Crippen LogP contribution is -2.34. The molecule has 2 aromatic carbocycles. The number of likely N-dealkylation sites (tertiary alicyclic amines) is 1. The molecule has 3 rings (SSSR count). The summed E-state index contributed by atoms with van der Waals surface area (Å²) >= 11 is 5.91. The lowest BCUT2D eigenvalue weighted by atomic mass is 10.0. The van der Waals surface area contributed by atoms with Gasteiger partial charge in [-0.25, -0.2) is 0 Å². The van der Waals surface area contributed by atoms with E-state index in [1.807, 2.05) is 18.2 Å². The van der Waals surface area contributed by atoms with Crippen molar-refractivity contribution in [1.82, 2.24) is 4.90 Å². The third-order valence-corrected chi connectivity index (χ3v) is 5.16. The first-order chi connectivity index (χ1) is 13.9. The number of carbonyl (C=O) groups excluding carboxylic acids is 2. The van der Waals surface area contributed by atoms with Gasteiger partial charge >= 0.3 is 0 Å². The predicted molar refractivity (Wildman–Crippen MR) is 109 cm³/mol. The van der Waals surface area contributed by atoms with Gasteiger partial charge in [0.15, 0.2) is 6.61 Å². The first kappa shape index (κ1) is 20.8. The van der Waals surface area contributed by atoms with E-state index >= 15 is 0 Å². The number of methoxy groups -OCH3 is 2. The van der Waals surface area contributed by atoms with Gasteiger partial charge < -0.3 is 24.8 Å². The van der Waals surface area contributed by atoms with E-state index in [2.05, 4.69) is 0 Å². The Labute approximate surface area is 174 Å². The summed E-state index contributed by atoms with van der Waals surface area (Å²) in [5.74, 6) is 0.761. The molecular formula is C21H23ClN2O5. The van der Waals surface area contributed by atoms with Gasteiger partial charge in [0.1, 0.15) is 17.2 Å². The molecule has 7 nitrogen and oxygen atoms in total. The average molecular weight is 419 g/mol. The van der Waals surface area contributed by atoms with Crippen molar-refractivity contribution in [2.75, 3.05) is 27.4 Å². The lowest BCUT2D eigenvalue weighted by Gasteiger charge is -2.26. The molecule has 0 spiro atoms. The Morgan fingerprint density at radius 2 is 1.90 bits per heavy atom. The summed E-state index contributed by atoms with van der Waals surface area (Å²) in [4.78, 5) is 26.3. The quantitative estimate of drug-likeness (QED) is 0.745. The molecule has 1 heterocycles. The van der Waals surface area contributed by atoms with Gasteiger partial charge in [0.25, 0.3) is 11.8 Å². The number of hydrogen-bond acceptors (Lipinski definition) is 5. The number of halogens is 1. The molecule has 0 aliphatic carbocycles. The second-order valence-corrected chi connectivity index (χ2v) is 7.08. The summed E-state index contributed by atoms with van der Waals surface area (Å²) in [5.41, 5.74) is 6.40. The summed E-state index contributed by atoms with van der Waals surface area (Å²) < 4.78 is 16.4. The van der Waals surface area contributed by atoms with Crippen LogP contribution in [-0.2, 0) is 4.79 Å². The van der Waals surface area contributed by atoms with Crippen molar-refractivity contribution in [2.24, 2.45) is 5.73 Å². The molecule has 0 radical (unpaired) electrons. The highest BCUT2D eigenvalue weighted by atomic mass is 35.5. The van der Waals surface area contributed by atoms with Crippen molar-refractivity contribution in [3.05, 3.63) is 52.5 Å². The van der Waals surface area contributed by atoms with Gasteiger partial charge in [-0.3, -0.25) is 9.59 Å². The van der Waals surface area contributed by atoms with E-state index in [9.17, 15) is 9.59 Å². The van der Waals surface area contributed by atoms with Crippen LogP contribution in [-0.4, -0.2) is 44.1 Å². The molecule has 0 aromatic heterocycles. The van der Waals surface area contributed by atoms with E-state index < -0.39 is 5.91 Å². The smallest absolute Gasteiger partial charge is 0.261 e. The first-order valence-electron chi connectivity index (χ1n) is 9.18. The van der Waals surface area contributed by atoms with E-state index in [-0.39, 0.29) is 29.9 Å². The minimum absolute atomic E-state index is 0.137. The molecule has 154 valence electrons. The number of primary amides is 1. The summed E-state index contributed by atoms with van der Waals surface area (Å²) in [7, 11) is 3.20. The number of rotatable bonds is 7. The maximum atomic E-state index is 12.9. The number of benzene rings is 2. The predicted octanol–water partition coefficient (Wildman–Crippen LogP) is 3.20. The number of nitrogens with two attached hydrogens (primary N) is 1. The molecule has 1 unspecified atom stereocenters. The monoisotopic (exact) mass is 418 g/mol. The zero-order valence-electron chi connectivity index (χ0n) is 16.3. The van der Waals surface area contributed by atoms with Gasteiger partial charge in [0, 0.05) is 17.1 Å². The third kappa shape index (κ3) is 4.56. The normalized spacial score (nSPS) is 15.8. The van der Waals surface area contributed by atoms with E-state index in [4.69, 9.17) is 31.5 Å². The minimum Gasteiger partial charge on any atom is -0.497 e. The Balaban J connectivity index is 1.77. The van der Waals surface area contributed by atoms with E-state index in [0.29, 0.717) is 23.1 Å². The van der Waals surface area contributed by atoms with Gasteiger partial charge in [-0.1, -0.05) is 11.6 Å². The zero-order valence-corrected chi connectivity index (χ0v) is 17.1. The molecule has 2 aromatic rings. The number of hydrogen-bond donors (Lipinski definition) is 1. The molecule has 2 amide bonds.